The molecule has 0 N–H and O–H groups in total. The van der Waals surface area contributed by atoms with E-state index in [9.17, 15) is 8.42 Å². The van der Waals surface area contributed by atoms with E-state index in [-0.39, 0.29) is 12.0 Å². The first-order chi connectivity index (χ1) is 12.3. The molecule has 0 aliphatic carbocycles. The SMILES string of the molecule is CC(C)(C)c1ccc(S(=O)(=O)N(Cc2ccsc2)Cc2ccco2)cc1. The fraction of sp³-hybridized carbons (Fsp3) is 0.300. The van der Waals surface area contributed by atoms with Crippen molar-refractivity contribution >= 4 is 21.4 Å². The lowest BCUT2D eigenvalue weighted by Crippen LogP contribution is -2.30. The van der Waals surface area contributed by atoms with Gasteiger partial charge in [-0.3, -0.25) is 0 Å². The molecule has 4 nitrogen and oxygen atoms in total. The van der Waals surface area contributed by atoms with Crippen LogP contribution < -0.4 is 0 Å². The highest BCUT2D eigenvalue weighted by atomic mass is 32.2. The van der Waals surface area contributed by atoms with Crippen molar-refractivity contribution in [3.8, 4) is 0 Å². The number of rotatable bonds is 6. The minimum Gasteiger partial charge on any atom is -0.468 e. The fourth-order valence-electron chi connectivity index (χ4n) is 2.66. The Hall–Kier alpha value is -1.89. The second-order valence-electron chi connectivity index (χ2n) is 7.26. The molecule has 0 spiro atoms. The molecule has 3 aromatic rings. The molecule has 0 amide bonds. The molecule has 0 saturated heterocycles. The summed E-state index contributed by atoms with van der Waals surface area (Å²) in [6, 6.07) is 12.7. The number of nitrogens with zero attached hydrogens (tertiary/aromatic N) is 1. The summed E-state index contributed by atoms with van der Waals surface area (Å²) in [5.74, 6) is 0.620. The van der Waals surface area contributed by atoms with Gasteiger partial charge in [0.1, 0.15) is 5.76 Å². The third kappa shape index (κ3) is 4.26. The zero-order valence-electron chi connectivity index (χ0n) is 15.2. The van der Waals surface area contributed by atoms with Crippen LogP contribution in [0.3, 0.4) is 0 Å². The molecule has 1 aromatic carbocycles. The summed E-state index contributed by atoms with van der Waals surface area (Å²) >= 11 is 1.56. The first-order valence-corrected chi connectivity index (χ1v) is 10.8. The minimum atomic E-state index is -3.64. The van der Waals surface area contributed by atoms with E-state index in [0.717, 1.165) is 11.1 Å². The molecule has 0 radical (unpaired) electrons. The maximum atomic E-state index is 13.2. The Morgan fingerprint density at radius 1 is 1.04 bits per heavy atom. The molecule has 138 valence electrons. The van der Waals surface area contributed by atoms with Crippen molar-refractivity contribution in [3.05, 3.63) is 76.4 Å². The summed E-state index contributed by atoms with van der Waals surface area (Å²) < 4.78 is 33.3. The van der Waals surface area contributed by atoms with Crippen LogP contribution in [-0.2, 0) is 28.5 Å². The van der Waals surface area contributed by atoms with Crippen molar-refractivity contribution in [1.82, 2.24) is 4.31 Å². The van der Waals surface area contributed by atoms with E-state index in [0.29, 0.717) is 17.2 Å². The second-order valence-corrected chi connectivity index (χ2v) is 9.98. The largest absolute Gasteiger partial charge is 0.468 e. The summed E-state index contributed by atoms with van der Waals surface area (Å²) in [6.07, 6.45) is 1.56. The summed E-state index contributed by atoms with van der Waals surface area (Å²) in [4.78, 5) is 0.298. The maximum absolute atomic E-state index is 13.2. The molecule has 0 aliphatic rings. The predicted molar refractivity (Wildman–Crippen MR) is 105 cm³/mol. The molecule has 0 aliphatic heterocycles. The van der Waals surface area contributed by atoms with Crippen LogP contribution in [0.2, 0.25) is 0 Å². The first kappa shape index (κ1) is 18.9. The highest BCUT2D eigenvalue weighted by molar-refractivity contribution is 7.89. The van der Waals surface area contributed by atoms with Crippen LogP contribution in [0.25, 0.3) is 0 Å². The van der Waals surface area contributed by atoms with Gasteiger partial charge in [-0.2, -0.15) is 15.6 Å². The van der Waals surface area contributed by atoms with E-state index in [4.69, 9.17) is 4.42 Å². The van der Waals surface area contributed by atoms with Crippen LogP contribution in [0, 0.1) is 0 Å². The summed E-state index contributed by atoms with van der Waals surface area (Å²) in [7, 11) is -3.64. The number of hydrogen-bond acceptors (Lipinski definition) is 4. The van der Waals surface area contributed by atoms with Gasteiger partial charge in [-0.05, 0) is 57.6 Å². The lowest BCUT2D eigenvalue weighted by molar-refractivity contribution is 0.359. The molecule has 2 aromatic heterocycles. The van der Waals surface area contributed by atoms with Crippen LogP contribution in [0.1, 0.15) is 37.7 Å². The predicted octanol–water partition coefficient (Wildman–Crippen LogP) is 5.03. The molecule has 0 atom stereocenters. The Kier molecular flexibility index (Phi) is 5.37. The normalized spacial score (nSPS) is 12.6. The van der Waals surface area contributed by atoms with Gasteiger partial charge in [0.15, 0.2) is 0 Å². The zero-order chi connectivity index (χ0) is 18.8. The van der Waals surface area contributed by atoms with E-state index >= 15 is 0 Å². The molecule has 26 heavy (non-hydrogen) atoms. The van der Waals surface area contributed by atoms with E-state index in [2.05, 4.69) is 20.8 Å². The highest BCUT2D eigenvalue weighted by Gasteiger charge is 2.26. The monoisotopic (exact) mass is 389 g/mol. The van der Waals surface area contributed by atoms with Gasteiger partial charge in [0, 0.05) is 6.54 Å². The van der Waals surface area contributed by atoms with E-state index in [1.54, 1.807) is 41.9 Å². The van der Waals surface area contributed by atoms with Crippen LogP contribution in [0.15, 0.2) is 68.8 Å². The Morgan fingerprint density at radius 2 is 1.77 bits per heavy atom. The molecular weight excluding hydrogens is 366 g/mol. The summed E-state index contributed by atoms with van der Waals surface area (Å²) in [6.45, 7) is 6.84. The first-order valence-electron chi connectivity index (χ1n) is 8.41. The quantitative estimate of drug-likeness (QED) is 0.594. The minimum absolute atomic E-state index is 0.0210. The Morgan fingerprint density at radius 3 is 2.31 bits per heavy atom. The summed E-state index contributed by atoms with van der Waals surface area (Å²) in [5, 5.41) is 3.92. The second kappa shape index (κ2) is 7.39. The van der Waals surface area contributed by atoms with E-state index in [1.807, 2.05) is 29.0 Å². The van der Waals surface area contributed by atoms with Crippen LogP contribution in [0.4, 0.5) is 0 Å². The average Bonchev–Trinajstić information content (AvgIpc) is 3.27. The lowest BCUT2D eigenvalue weighted by atomic mass is 9.87. The molecule has 6 heteroatoms. The smallest absolute Gasteiger partial charge is 0.243 e. The molecule has 0 saturated carbocycles. The van der Waals surface area contributed by atoms with E-state index in [1.165, 1.54) is 4.31 Å². The number of sulfonamides is 1. The van der Waals surface area contributed by atoms with Crippen molar-refractivity contribution in [2.45, 2.75) is 44.2 Å². The fourth-order valence-corrected chi connectivity index (χ4v) is 4.72. The number of furan rings is 1. The van der Waals surface area contributed by atoms with Gasteiger partial charge in [-0.15, -0.1) is 0 Å². The van der Waals surface area contributed by atoms with Gasteiger partial charge in [-0.25, -0.2) is 8.42 Å². The molecule has 0 unspecified atom stereocenters. The van der Waals surface area contributed by atoms with Crippen molar-refractivity contribution in [3.63, 3.8) is 0 Å². The summed E-state index contributed by atoms with van der Waals surface area (Å²) in [5.41, 5.74) is 2.05. The van der Waals surface area contributed by atoms with E-state index < -0.39 is 10.0 Å². The molecule has 2 heterocycles. The highest BCUT2D eigenvalue weighted by Crippen LogP contribution is 2.26. The average molecular weight is 390 g/mol. The lowest BCUT2D eigenvalue weighted by Gasteiger charge is -2.22. The van der Waals surface area contributed by atoms with Crippen LogP contribution in [0.5, 0.6) is 0 Å². The molecule has 0 fully saturated rings. The molecule has 3 rings (SSSR count). The van der Waals surface area contributed by atoms with Gasteiger partial charge in [0.25, 0.3) is 0 Å². The Labute approximate surface area is 159 Å². The van der Waals surface area contributed by atoms with Crippen molar-refractivity contribution in [1.29, 1.82) is 0 Å². The van der Waals surface area contributed by atoms with Crippen molar-refractivity contribution in [2.75, 3.05) is 0 Å². The van der Waals surface area contributed by atoms with Gasteiger partial charge in [0.05, 0.1) is 17.7 Å². The van der Waals surface area contributed by atoms with Gasteiger partial charge < -0.3 is 4.42 Å². The zero-order valence-corrected chi connectivity index (χ0v) is 16.8. The number of thiophene rings is 1. The van der Waals surface area contributed by atoms with Gasteiger partial charge in [0.2, 0.25) is 10.0 Å². The standard InChI is InChI=1S/C20H23NO3S2/c1-20(2,3)17-6-8-19(9-7-17)26(22,23)21(13-16-10-12-25-15-16)14-18-5-4-11-24-18/h4-12,15H,13-14H2,1-3H3. The Bertz CT molecular complexity index is 884. The molecular formula is C20H23NO3S2. The third-order valence-corrected chi connectivity index (χ3v) is 6.75. The van der Waals surface area contributed by atoms with Crippen LogP contribution >= 0.6 is 11.3 Å². The molecule has 0 bridgehead atoms. The van der Waals surface area contributed by atoms with Crippen LogP contribution in [-0.4, -0.2) is 12.7 Å². The van der Waals surface area contributed by atoms with Crippen molar-refractivity contribution < 1.29 is 12.8 Å². The van der Waals surface area contributed by atoms with Gasteiger partial charge in [-0.1, -0.05) is 32.9 Å². The van der Waals surface area contributed by atoms with Crippen molar-refractivity contribution in [2.24, 2.45) is 0 Å². The topological polar surface area (TPSA) is 50.5 Å². The maximum Gasteiger partial charge on any atom is 0.243 e. The Balaban J connectivity index is 1.92. The van der Waals surface area contributed by atoms with Gasteiger partial charge >= 0.3 is 0 Å². The third-order valence-electron chi connectivity index (χ3n) is 4.21. The number of hydrogen-bond donors (Lipinski definition) is 0. The number of benzene rings is 1.